The van der Waals surface area contributed by atoms with E-state index in [1.54, 1.807) is 13.8 Å². The summed E-state index contributed by atoms with van der Waals surface area (Å²) in [7, 11) is 1.37. The molecule has 1 aromatic carbocycles. The number of methoxy groups -OCH3 is 1. The van der Waals surface area contributed by atoms with Crippen molar-refractivity contribution in [1.82, 2.24) is 0 Å². The fourth-order valence-corrected chi connectivity index (χ4v) is 1.77. The molecule has 0 saturated carbocycles. The highest BCUT2D eigenvalue weighted by Crippen LogP contribution is 2.33. The molecule has 0 unspecified atom stereocenters. The molecule has 0 aliphatic carbocycles. The monoisotopic (exact) mass is 251 g/mol. The lowest BCUT2D eigenvalue weighted by Crippen LogP contribution is -2.37. The molecule has 0 fully saturated rings. The standard InChI is InChI=1S/C14H21NO3/c1-5-18-11-8-6-7-10(9-11)12(15)14(2,3)13(16)17-4/h6-9,12H,5,15H2,1-4H3/t12-/m0/s1. The van der Waals surface area contributed by atoms with Gasteiger partial charge in [-0.1, -0.05) is 12.1 Å². The first-order valence-corrected chi connectivity index (χ1v) is 6.00. The molecule has 0 radical (unpaired) electrons. The average Bonchev–Trinajstić information content (AvgIpc) is 2.37. The van der Waals surface area contributed by atoms with Crippen molar-refractivity contribution in [2.24, 2.45) is 11.1 Å². The van der Waals surface area contributed by atoms with Crippen molar-refractivity contribution in [2.75, 3.05) is 13.7 Å². The Morgan fingerprint density at radius 3 is 2.67 bits per heavy atom. The topological polar surface area (TPSA) is 61.5 Å². The van der Waals surface area contributed by atoms with Crippen LogP contribution in [0.4, 0.5) is 0 Å². The second-order valence-electron chi connectivity index (χ2n) is 4.70. The summed E-state index contributed by atoms with van der Waals surface area (Å²) in [5, 5.41) is 0. The fraction of sp³-hybridized carbons (Fsp3) is 0.500. The van der Waals surface area contributed by atoms with E-state index in [0.717, 1.165) is 11.3 Å². The van der Waals surface area contributed by atoms with Gasteiger partial charge in [0, 0.05) is 6.04 Å². The fourth-order valence-electron chi connectivity index (χ4n) is 1.77. The summed E-state index contributed by atoms with van der Waals surface area (Å²) in [5.74, 6) is 0.433. The number of esters is 1. The number of hydrogen-bond donors (Lipinski definition) is 1. The molecule has 18 heavy (non-hydrogen) atoms. The van der Waals surface area contributed by atoms with E-state index in [1.807, 2.05) is 31.2 Å². The quantitative estimate of drug-likeness (QED) is 0.816. The zero-order valence-electron chi connectivity index (χ0n) is 11.4. The van der Waals surface area contributed by atoms with Crippen LogP contribution in [-0.4, -0.2) is 19.7 Å². The van der Waals surface area contributed by atoms with Gasteiger partial charge >= 0.3 is 5.97 Å². The Labute approximate surface area is 108 Å². The third-order valence-electron chi connectivity index (χ3n) is 3.02. The lowest BCUT2D eigenvalue weighted by atomic mass is 9.81. The van der Waals surface area contributed by atoms with Gasteiger partial charge in [-0.2, -0.15) is 0 Å². The van der Waals surface area contributed by atoms with Gasteiger partial charge in [0.15, 0.2) is 0 Å². The van der Waals surface area contributed by atoms with Crippen LogP contribution in [0.2, 0.25) is 0 Å². The van der Waals surface area contributed by atoms with Gasteiger partial charge in [-0.15, -0.1) is 0 Å². The van der Waals surface area contributed by atoms with Crippen LogP contribution in [0.25, 0.3) is 0 Å². The third-order valence-corrected chi connectivity index (χ3v) is 3.02. The first-order chi connectivity index (χ1) is 8.43. The number of benzene rings is 1. The summed E-state index contributed by atoms with van der Waals surface area (Å²) in [6.07, 6.45) is 0. The van der Waals surface area contributed by atoms with E-state index < -0.39 is 11.5 Å². The van der Waals surface area contributed by atoms with Gasteiger partial charge in [-0.05, 0) is 38.5 Å². The van der Waals surface area contributed by atoms with Crippen molar-refractivity contribution < 1.29 is 14.3 Å². The first-order valence-electron chi connectivity index (χ1n) is 6.00. The van der Waals surface area contributed by atoms with E-state index in [-0.39, 0.29) is 5.97 Å². The number of rotatable bonds is 5. The zero-order valence-corrected chi connectivity index (χ0v) is 11.4. The number of carbonyl (C=O) groups excluding carboxylic acids is 1. The van der Waals surface area contributed by atoms with Crippen LogP contribution >= 0.6 is 0 Å². The van der Waals surface area contributed by atoms with Crippen LogP contribution in [0, 0.1) is 5.41 Å². The Bertz CT molecular complexity index is 415. The van der Waals surface area contributed by atoms with E-state index in [9.17, 15) is 4.79 Å². The Hall–Kier alpha value is -1.55. The Morgan fingerprint density at radius 2 is 2.11 bits per heavy atom. The van der Waals surface area contributed by atoms with E-state index in [2.05, 4.69) is 0 Å². The highest BCUT2D eigenvalue weighted by atomic mass is 16.5. The summed E-state index contributed by atoms with van der Waals surface area (Å²) in [6, 6.07) is 7.04. The van der Waals surface area contributed by atoms with Crippen LogP contribution in [0.1, 0.15) is 32.4 Å². The van der Waals surface area contributed by atoms with Crippen molar-refractivity contribution >= 4 is 5.97 Å². The van der Waals surface area contributed by atoms with Crippen molar-refractivity contribution in [3.8, 4) is 5.75 Å². The number of hydrogen-bond acceptors (Lipinski definition) is 4. The Morgan fingerprint density at radius 1 is 1.44 bits per heavy atom. The second-order valence-corrected chi connectivity index (χ2v) is 4.70. The normalized spacial score (nSPS) is 12.9. The predicted molar refractivity (Wildman–Crippen MR) is 70.3 cm³/mol. The van der Waals surface area contributed by atoms with Crippen LogP contribution in [-0.2, 0) is 9.53 Å². The van der Waals surface area contributed by atoms with E-state index in [4.69, 9.17) is 15.2 Å². The molecule has 1 rings (SSSR count). The first kappa shape index (κ1) is 14.5. The number of carbonyl (C=O) groups is 1. The van der Waals surface area contributed by atoms with Crippen LogP contribution in [0.5, 0.6) is 5.75 Å². The highest BCUT2D eigenvalue weighted by Gasteiger charge is 2.36. The lowest BCUT2D eigenvalue weighted by Gasteiger charge is -2.29. The maximum Gasteiger partial charge on any atom is 0.313 e. The molecule has 0 aliphatic rings. The third kappa shape index (κ3) is 3.01. The largest absolute Gasteiger partial charge is 0.494 e. The van der Waals surface area contributed by atoms with Crippen LogP contribution in [0.15, 0.2) is 24.3 Å². The minimum Gasteiger partial charge on any atom is -0.494 e. The van der Waals surface area contributed by atoms with E-state index in [0.29, 0.717) is 6.61 Å². The van der Waals surface area contributed by atoms with Gasteiger partial charge in [0.05, 0.1) is 19.1 Å². The molecule has 0 aliphatic heterocycles. The molecule has 4 heteroatoms. The summed E-state index contributed by atoms with van der Waals surface area (Å²) in [4.78, 5) is 11.7. The van der Waals surface area contributed by atoms with Gasteiger partial charge in [0.2, 0.25) is 0 Å². The van der Waals surface area contributed by atoms with Crippen molar-refractivity contribution in [3.63, 3.8) is 0 Å². The highest BCUT2D eigenvalue weighted by molar-refractivity contribution is 5.77. The molecule has 0 heterocycles. The van der Waals surface area contributed by atoms with E-state index in [1.165, 1.54) is 7.11 Å². The molecule has 100 valence electrons. The predicted octanol–water partition coefficient (Wildman–Crippen LogP) is 2.28. The van der Waals surface area contributed by atoms with Gasteiger partial charge in [0.25, 0.3) is 0 Å². The Balaban J connectivity index is 2.99. The van der Waals surface area contributed by atoms with Crippen molar-refractivity contribution in [1.29, 1.82) is 0 Å². The maximum atomic E-state index is 11.7. The summed E-state index contributed by atoms with van der Waals surface area (Å²) in [6.45, 7) is 6.07. The number of nitrogens with two attached hydrogens (primary N) is 1. The molecule has 0 spiro atoms. The summed E-state index contributed by atoms with van der Waals surface area (Å²) < 4.78 is 10.2. The minimum atomic E-state index is -0.778. The molecule has 1 atom stereocenters. The molecular formula is C14H21NO3. The molecule has 0 amide bonds. The van der Waals surface area contributed by atoms with Crippen LogP contribution < -0.4 is 10.5 Å². The van der Waals surface area contributed by atoms with Gasteiger partial charge < -0.3 is 15.2 Å². The summed E-state index contributed by atoms with van der Waals surface area (Å²) >= 11 is 0. The molecule has 1 aromatic rings. The van der Waals surface area contributed by atoms with Gasteiger partial charge in [0.1, 0.15) is 5.75 Å². The van der Waals surface area contributed by atoms with Gasteiger partial charge in [-0.3, -0.25) is 4.79 Å². The average molecular weight is 251 g/mol. The number of ether oxygens (including phenoxy) is 2. The van der Waals surface area contributed by atoms with Crippen molar-refractivity contribution in [3.05, 3.63) is 29.8 Å². The SMILES string of the molecule is CCOc1cccc([C@H](N)C(C)(C)C(=O)OC)c1. The zero-order chi connectivity index (χ0) is 13.8. The Kier molecular flexibility index (Phi) is 4.73. The molecule has 0 saturated heterocycles. The minimum absolute atomic E-state index is 0.322. The van der Waals surface area contributed by atoms with Gasteiger partial charge in [-0.25, -0.2) is 0 Å². The second kappa shape index (κ2) is 5.87. The molecule has 4 nitrogen and oxygen atoms in total. The molecular weight excluding hydrogens is 230 g/mol. The van der Waals surface area contributed by atoms with Crippen LogP contribution in [0.3, 0.4) is 0 Å². The van der Waals surface area contributed by atoms with E-state index >= 15 is 0 Å². The summed E-state index contributed by atoms with van der Waals surface area (Å²) in [5.41, 5.74) is 6.24. The lowest BCUT2D eigenvalue weighted by molar-refractivity contribution is -0.152. The molecule has 0 aromatic heterocycles. The molecule has 0 bridgehead atoms. The smallest absolute Gasteiger partial charge is 0.313 e. The molecule has 2 N–H and O–H groups in total. The maximum absolute atomic E-state index is 11.7. The van der Waals surface area contributed by atoms with Crippen molar-refractivity contribution in [2.45, 2.75) is 26.8 Å².